The molecule has 1 aliphatic carbocycles. The van der Waals surface area contributed by atoms with Crippen LogP contribution < -0.4 is 0 Å². The van der Waals surface area contributed by atoms with Crippen LogP contribution in [-0.2, 0) is 10.2 Å². The van der Waals surface area contributed by atoms with Crippen LogP contribution >= 0.6 is 0 Å². The van der Waals surface area contributed by atoms with Crippen molar-refractivity contribution in [3.05, 3.63) is 29.2 Å². The third-order valence-corrected chi connectivity index (χ3v) is 7.53. The summed E-state index contributed by atoms with van der Waals surface area (Å²) < 4.78 is 50.6. The summed E-state index contributed by atoms with van der Waals surface area (Å²) in [6, 6.07) is 3.84. The third kappa shape index (κ3) is 5.65. The number of carbonyl (C=O) groups is 1. The maximum absolute atomic E-state index is 15.7. The number of halogens is 3. The number of amides is 1. The number of alkyl halides is 3. The quantitative estimate of drug-likeness (QED) is 0.469. The summed E-state index contributed by atoms with van der Waals surface area (Å²) >= 11 is 0. The minimum absolute atomic E-state index is 0.0413. The van der Waals surface area contributed by atoms with Crippen LogP contribution in [0.5, 0.6) is 0 Å². The molecule has 2 fully saturated rings. The number of carbonyl (C=O) groups excluding carboxylic acids is 1. The molecular weight excluding hydrogens is 469 g/mol. The Morgan fingerprint density at radius 3 is 2.31 bits per heavy atom. The van der Waals surface area contributed by atoms with E-state index in [2.05, 4.69) is 4.98 Å². The highest BCUT2D eigenvalue weighted by molar-refractivity contribution is 5.69. The molecule has 2 unspecified atom stereocenters. The second-order valence-corrected chi connectivity index (χ2v) is 12.6. The Morgan fingerprint density at radius 1 is 1.08 bits per heavy atom. The average molecular weight is 509 g/mol. The summed E-state index contributed by atoms with van der Waals surface area (Å²) in [7, 11) is 0. The van der Waals surface area contributed by atoms with Gasteiger partial charge in [0.25, 0.3) is 0 Å². The average Bonchev–Trinajstić information content (AvgIpc) is 3.13. The van der Waals surface area contributed by atoms with Gasteiger partial charge < -0.3 is 9.64 Å². The number of hydrogen-bond donors (Lipinski definition) is 0. The van der Waals surface area contributed by atoms with E-state index in [0.717, 1.165) is 24.0 Å². The van der Waals surface area contributed by atoms with Gasteiger partial charge in [0.15, 0.2) is 5.65 Å². The minimum atomic E-state index is -2.66. The molecule has 200 valence electrons. The van der Waals surface area contributed by atoms with E-state index in [-0.39, 0.29) is 25.4 Å². The van der Waals surface area contributed by atoms with Crippen LogP contribution in [0.1, 0.15) is 96.6 Å². The van der Waals surface area contributed by atoms with E-state index >= 15 is 4.39 Å². The largest absolute Gasteiger partial charge is 0.444 e. The molecule has 4 rings (SSSR count). The van der Waals surface area contributed by atoms with Gasteiger partial charge in [0.2, 0.25) is 5.92 Å². The SMILES string of the molecule is Cc1cc(C2(C)CN(C(=O)OC(C)(C)C)CC(C)(F)C2)n2nc(C3CCC(C(C)(F)F)CC3)cc2n1. The van der Waals surface area contributed by atoms with Gasteiger partial charge in [-0.2, -0.15) is 5.10 Å². The number of fused-ring (bicyclic) bond motifs is 1. The van der Waals surface area contributed by atoms with Crippen molar-refractivity contribution in [3.63, 3.8) is 0 Å². The zero-order valence-corrected chi connectivity index (χ0v) is 22.5. The molecule has 2 aromatic rings. The molecular formula is C27H39F3N4O2. The fraction of sp³-hybridized carbons (Fsp3) is 0.741. The first-order valence-corrected chi connectivity index (χ1v) is 12.9. The maximum atomic E-state index is 15.7. The van der Waals surface area contributed by atoms with Crippen LogP contribution in [0.15, 0.2) is 12.1 Å². The Balaban J connectivity index is 1.67. The number of rotatable bonds is 3. The molecule has 0 N–H and O–H groups in total. The van der Waals surface area contributed by atoms with Gasteiger partial charge in [-0.25, -0.2) is 27.5 Å². The van der Waals surface area contributed by atoms with Crippen molar-refractivity contribution in [2.75, 3.05) is 13.1 Å². The second kappa shape index (κ2) is 8.91. The molecule has 9 heteroatoms. The molecule has 0 bridgehead atoms. The number of likely N-dealkylation sites (tertiary alicyclic amines) is 1. The van der Waals surface area contributed by atoms with E-state index < -0.39 is 34.6 Å². The van der Waals surface area contributed by atoms with E-state index in [1.54, 1.807) is 25.3 Å². The third-order valence-electron chi connectivity index (χ3n) is 7.53. The van der Waals surface area contributed by atoms with E-state index in [1.165, 1.54) is 11.8 Å². The summed E-state index contributed by atoms with van der Waals surface area (Å²) in [5.41, 5.74) is -0.00642. The number of aryl methyl sites for hydroxylation is 1. The maximum Gasteiger partial charge on any atom is 0.410 e. The Morgan fingerprint density at radius 2 is 1.72 bits per heavy atom. The molecule has 2 atom stereocenters. The van der Waals surface area contributed by atoms with Gasteiger partial charge in [-0.3, -0.25) is 0 Å². The molecule has 2 aromatic heterocycles. The van der Waals surface area contributed by atoms with Crippen molar-refractivity contribution in [2.24, 2.45) is 5.92 Å². The summed E-state index contributed by atoms with van der Waals surface area (Å²) in [6.07, 6.45) is 1.90. The van der Waals surface area contributed by atoms with Gasteiger partial charge in [-0.05, 0) is 79.7 Å². The number of hydrogen-bond acceptors (Lipinski definition) is 4. The Bertz CT molecular complexity index is 1130. The number of nitrogens with zero attached hydrogens (tertiary/aromatic N) is 4. The topological polar surface area (TPSA) is 59.7 Å². The lowest BCUT2D eigenvalue weighted by Crippen LogP contribution is -2.57. The standard InChI is InChI=1S/C27H39F3N4O2/c1-17-12-21(25(5)14-26(6,28)16-33(15-25)23(35)36-24(2,3)4)34-22(31-17)13-20(32-34)18-8-10-19(11-9-18)27(7,29)30/h12-13,18-19H,8-11,14-16H2,1-7H3. The lowest BCUT2D eigenvalue weighted by molar-refractivity contribution is -0.0547. The van der Waals surface area contributed by atoms with Crippen LogP contribution in [0, 0.1) is 12.8 Å². The zero-order chi connectivity index (χ0) is 26.7. The molecule has 3 heterocycles. The lowest BCUT2D eigenvalue weighted by atomic mass is 9.73. The Labute approximate surface area is 211 Å². The first-order chi connectivity index (χ1) is 16.5. The molecule has 1 aliphatic heterocycles. The number of piperidine rings is 1. The van der Waals surface area contributed by atoms with Crippen molar-refractivity contribution >= 4 is 11.7 Å². The molecule has 1 amide bonds. The summed E-state index contributed by atoms with van der Waals surface area (Å²) in [6.45, 7) is 12.0. The molecule has 0 radical (unpaired) electrons. The van der Waals surface area contributed by atoms with Gasteiger partial charge >= 0.3 is 6.09 Å². The number of aromatic nitrogens is 3. The van der Waals surface area contributed by atoms with E-state index in [4.69, 9.17) is 9.84 Å². The van der Waals surface area contributed by atoms with Crippen LogP contribution in [0.3, 0.4) is 0 Å². The molecule has 0 spiro atoms. The van der Waals surface area contributed by atoms with Crippen LogP contribution in [0.2, 0.25) is 0 Å². The summed E-state index contributed by atoms with van der Waals surface area (Å²) in [5, 5.41) is 4.87. The normalized spacial score (nSPS) is 30.0. The van der Waals surface area contributed by atoms with Gasteiger partial charge in [-0.15, -0.1) is 0 Å². The van der Waals surface area contributed by atoms with Crippen LogP contribution in [0.25, 0.3) is 5.65 Å². The monoisotopic (exact) mass is 508 g/mol. The van der Waals surface area contributed by atoms with E-state index in [9.17, 15) is 13.6 Å². The Hall–Kier alpha value is -2.32. The fourth-order valence-electron chi connectivity index (χ4n) is 6.07. The minimum Gasteiger partial charge on any atom is -0.444 e. The van der Waals surface area contributed by atoms with Crippen molar-refractivity contribution < 1.29 is 22.7 Å². The summed E-state index contributed by atoms with van der Waals surface area (Å²) in [4.78, 5) is 19.0. The van der Waals surface area contributed by atoms with E-state index in [0.29, 0.717) is 31.3 Å². The van der Waals surface area contributed by atoms with Gasteiger partial charge in [-0.1, -0.05) is 6.92 Å². The molecule has 2 aliphatic rings. The second-order valence-electron chi connectivity index (χ2n) is 12.6. The molecule has 36 heavy (non-hydrogen) atoms. The predicted molar refractivity (Wildman–Crippen MR) is 132 cm³/mol. The lowest BCUT2D eigenvalue weighted by Gasteiger charge is -2.46. The first-order valence-electron chi connectivity index (χ1n) is 12.9. The highest BCUT2D eigenvalue weighted by atomic mass is 19.3. The molecule has 6 nitrogen and oxygen atoms in total. The van der Waals surface area contributed by atoms with Gasteiger partial charge in [0, 0.05) is 35.6 Å². The molecule has 0 aromatic carbocycles. The number of ether oxygens (including phenoxy) is 1. The van der Waals surface area contributed by atoms with Gasteiger partial charge in [0.05, 0.1) is 17.9 Å². The highest BCUT2D eigenvalue weighted by Crippen LogP contribution is 2.43. The van der Waals surface area contributed by atoms with E-state index in [1.807, 2.05) is 26.0 Å². The van der Waals surface area contributed by atoms with Crippen molar-refractivity contribution in [2.45, 2.75) is 109 Å². The molecule has 1 saturated carbocycles. The predicted octanol–water partition coefficient (Wildman–Crippen LogP) is 6.59. The van der Waals surface area contributed by atoms with Crippen LogP contribution in [-0.4, -0.2) is 55.9 Å². The molecule has 1 saturated heterocycles. The zero-order valence-electron chi connectivity index (χ0n) is 22.5. The highest BCUT2D eigenvalue weighted by Gasteiger charge is 2.48. The van der Waals surface area contributed by atoms with Crippen molar-refractivity contribution in [1.82, 2.24) is 19.5 Å². The Kier molecular flexibility index (Phi) is 6.62. The smallest absolute Gasteiger partial charge is 0.410 e. The summed E-state index contributed by atoms with van der Waals surface area (Å²) in [5.74, 6) is -3.17. The van der Waals surface area contributed by atoms with Gasteiger partial charge in [0.1, 0.15) is 11.3 Å². The van der Waals surface area contributed by atoms with Crippen molar-refractivity contribution in [3.8, 4) is 0 Å². The van der Waals surface area contributed by atoms with Crippen molar-refractivity contribution in [1.29, 1.82) is 0 Å². The fourth-order valence-corrected chi connectivity index (χ4v) is 6.07. The van der Waals surface area contributed by atoms with Crippen LogP contribution in [0.4, 0.5) is 18.0 Å². The first kappa shape index (κ1) is 26.7.